The minimum Gasteiger partial charge on any atom is -0.494 e. The number of aromatic amines is 1. The molecule has 0 amide bonds. The van der Waals surface area contributed by atoms with Crippen LogP contribution >= 0.6 is 0 Å². The summed E-state index contributed by atoms with van der Waals surface area (Å²) in [4.78, 5) is 9.27. The van der Waals surface area contributed by atoms with Crippen molar-refractivity contribution in [2.75, 3.05) is 31.3 Å². The van der Waals surface area contributed by atoms with Crippen LogP contribution in [0, 0.1) is 6.92 Å². The van der Waals surface area contributed by atoms with Crippen LogP contribution in [0.3, 0.4) is 0 Å². The van der Waals surface area contributed by atoms with Crippen molar-refractivity contribution in [1.29, 1.82) is 0 Å². The number of H-pyrrole nitrogens is 1. The van der Waals surface area contributed by atoms with Crippen LogP contribution in [0.25, 0.3) is 0 Å². The lowest BCUT2D eigenvalue weighted by Gasteiger charge is -2.34. The van der Waals surface area contributed by atoms with Gasteiger partial charge in [0.15, 0.2) is 0 Å². The highest BCUT2D eigenvalue weighted by Crippen LogP contribution is 2.25. The molecule has 0 aliphatic carbocycles. The van der Waals surface area contributed by atoms with E-state index in [0.717, 1.165) is 29.2 Å². The van der Waals surface area contributed by atoms with Crippen LogP contribution in [-0.4, -0.2) is 81.2 Å². The van der Waals surface area contributed by atoms with E-state index in [4.69, 9.17) is 9.47 Å². The van der Waals surface area contributed by atoms with E-state index in [9.17, 15) is 20.4 Å². The van der Waals surface area contributed by atoms with Crippen LogP contribution in [0.2, 0.25) is 0 Å². The quantitative estimate of drug-likeness (QED) is 0.478. The molecule has 5 N–H and O–H groups in total. The first-order valence-electron chi connectivity index (χ1n) is 10.2. The summed E-state index contributed by atoms with van der Waals surface area (Å²) in [7, 11) is 0. The van der Waals surface area contributed by atoms with Crippen molar-refractivity contribution >= 4 is 5.69 Å². The maximum atomic E-state index is 10.8. The monoisotopic (exact) mass is 421 g/mol. The van der Waals surface area contributed by atoms with Crippen molar-refractivity contribution < 1.29 is 29.9 Å². The zero-order valence-electron chi connectivity index (χ0n) is 17.1. The van der Waals surface area contributed by atoms with Gasteiger partial charge in [-0.3, -0.25) is 0 Å². The molecule has 1 aliphatic heterocycles. The normalized spacial score (nSPS) is 24.7. The van der Waals surface area contributed by atoms with Crippen molar-refractivity contribution in [2.45, 2.75) is 50.7 Å². The summed E-state index contributed by atoms with van der Waals surface area (Å²) in [5.41, 5.74) is 2.53. The lowest BCUT2D eigenvalue weighted by atomic mass is 10.0. The van der Waals surface area contributed by atoms with E-state index < -0.39 is 31.0 Å². The van der Waals surface area contributed by atoms with Gasteiger partial charge in [-0.25, -0.2) is 4.98 Å². The molecule has 1 aliphatic rings. The van der Waals surface area contributed by atoms with E-state index in [-0.39, 0.29) is 13.2 Å². The molecule has 0 spiro atoms. The average molecular weight is 421 g/mol. The molecule has 0 saturated carbocycles. The van der Waals surface area contributed by atoms with Gasteiger partial charge >= 0.3 is 0 Å². The summed E-state index contributed by atoms with van der Waals surface area (Å²) < 4.78 is 11.5. The molecular weight excluding hydrogens is 390 g/mol. The Labute approximate surface area is 175 Å². The number of anilines is 1. The Morgan fingerprint density at radius 2 is 2.07 bits per heavy atom. The van der Waals surface area contributed by atoms with E-state index in [0.29, 0.717) is 19.6 Å². The Hall–Kier alpha value is -2.17. The van der Waals surface area contributed by atoms with Gasteiger partial charge in [0, 0.05) is 30.6 Å². The standard InChI is InChI=1S/C21H31N3O6/c1-14-17(23-13-22-14)10-24-11-18(26)20(28)21(19(27)12-25)30-8-3-2-7-29-16-6-4-5-15(24)9-16/h4-6,9,13,18-21,25-28H,2-3,7-8,10-12H2,1H3,(H,22,23)/t18-,19-,20-,21-/m1/s1. The van der Waals surface area contributed by atoms with Crippen molar-refractivity contribution in [3.8, 4) is 5.75 Å². The third-order valence-corrected chi connectivity index (χ3v) is 5.28. The highest BCUT2D eigenvalue weighted by molar-refractivity contribution is 5.51. The highest BCUT2D eigenvalue weighted by Gasteiger charge is 2.34. The number of nitrogens with zero attached hydrogens (tertiary/aromatic N) is 2. The lowest BCUT2D eigenvalue weighted by Crippen LogP contribution is -2.51. The molecule has 30 heavy (non-hydrogen) atoms. The van der Waals surface area contributed by atoms with Gasteiger partial charge in [-0.2, -0.15) is 0 Å². The predicted octanol–water partition coefficient (Wildman–Crippen LogP) is 0.358. The van der Waals surface area contributed by atoms with Crippen LogP contribution in [0.1, 0.15) is 24.2 Å². The van der Waals surface area contributed by atoms with Crippen LogP contribution in [0.15, 0.2) is 30.6 Å². The maximum Gasteiger partial charge on any atom is 0.121 e. The molecule has 3 rings (SSSR count). The fraction of sp³-hybridized carbons (Fsp3) is 0.571. The number of ether oxygens (including phenoxy) is 2. The number of imidazole rings is 1. The zero-order valence-corrected chi connectivity index (χ0v) is 17.1. The number of fused-ring (bicyclic) bond motifs is 2. The largest absolute Gasteiger partial charge is 0.494 e. The molecular formula is C21H31N3O6. The van der Waals surface area contributed by atoms with Crippen molar-refractivity contribution in [3.05, 3.63) is 42.0 Å². The summed E-state index contributed by atoms with van der Waals surface area (Å²) in [5.74, 6) is 0.720. The third-order valence-electron chi connectivity index (χ3n) is 5.28. The Balaban J connectivity index is 1.89. The minimum absolute atomic E-state index is 0.0644. The minimum atomic E-state index is -1.38. The SMILES string of the molecule is Cc1[nH]cnc1CN1C[C@@H](O)[C@@H](O)[C@@H]([C@H](O)CO)OCCCCOc2cccc1c2. The molecule has 9 nitrogen and oxygen atoms in total. The Bertz CT molecular complexity index is 786. The topological polar surface area (TPSA) is 131 Å². The first-order valence-corrected chi connectivity index (χ1v) is 10.2. The van der Waals surface area contributed by atoms with Gasteiger partial charge in [0.25, 0.3) is 0 Å². The average Bonchev–Trinajstić information content (AvgIpc) is 3.15. The number of hydrogen-bond donors (Lipinski definition) is 5. The molecule has 0 saturated heterocycles. The number of rotatable bonds is 4. The van der Waals surface area contributed by atoms with Gasteiger partial charge in [0.1, 0.15) is 24.1 Å². The highest BCUT2D eigenvalue weighted by atomic mass is 16.5. The number of benzene rings is 1. The van der Waals surface area contributed by atoms with E-state index in [1.807, 2.05) is 36.1 Å². The third kappa shape index (κ3) is 5.71. The maximum absolute atomic E-state index is 10.8. The summed E-state index contributed by atoms with van der Waals surface area (Å²) in [6.45, 7) is 2.58. The molecule has 0 fully saturated rings. The molecule has 2 aromatic rings. The van der Waals surface area contributed by atoms with Gasteiger partial charge in [-0.1, -0.05) is 6.07 Å². The Morgan fingerprint density at radius 1 is 1.27 bits per heavy atom. The van der Waals surface area contributed by atoms with Crippen LogP contribution in [0.4, 0.5) is 5.69 Å². The first-order chi connectivity index (χ1) is 14.5. The second-order valence-corrected chi connectivity index (χ2v) is 7.55. The van der Waals surface area contributed by atoms with E-state index in [2.05, 4.69) is 9.97 Å². The fourth-order valence-electron chi connectivity index (χ4n) is 3.47. The van der Waals surface area contributed by atoms with Crippen molar-refractivity contribution in [1.82, 2.24) is 9.97 Å². The summed E-state index contributed by atoms with van der Waals surface area (Å²) >= 11 is 0. The number of aromatic nitrogens is 2. The molecule has 2 bridgehead atoms. The molecule has 166 valence electrons. The summed E-state index contributed by atoms with van der Waals surface area (Å²) in [5, 5.41) is 40.9. The molecule has 1 aromatic carbocycles. The lowest BCUT2D eigenvalue weighted by molar-refractivity contribution is -0.141. The summed E-state index contributed by atoms with van der Waals surface area (Å²) in [6.07, 6.45) is -2.03. The molecule has 0 unspecified atom stereocenters. The van der Waals surface area contributed by atoms with Gasteiger partial charge < -0.3 is 39.8 Å². The summed E-state index contributed by atoms with van der Waals surface area (Å²) in [6, 6.07) is 7.55. The van der Waals surface area contributed by atoms with Crippen LogP contribution in [0.5, 0.6) is 5.75 Å². The molecule has 2 heterocycles. The van der Waals surface area contributed by atoms with E-state index in [1.165, 1.54) is 0 Å². The van der Waals surface area contributed by atoms with E-state index in [1.54, 1.807) is 6.33 Å². The number of hydrogen-bond acceptors (Lipinski definition) is 8. The van der Waals surface area contributed by atoms with Crippen molar-refractivity contribution in [3.63, 3.8) is 0 Å². The Kier molecular flexibility index (Phi) is 8.06. The molecule has 4 atom stereocenters. The number of aliphatic hydroxyl groups excluding tert-OH is 4. The van der Waals surface area contributed by atoms with Crippen LogP contribution in [-0.2, 0) is 11.3 Å². The number of aliphatic hydroxyl groups is 4. The van der Waals surface area contributed by atoms with E-state index >= 15 is 0 Å². The smallest absolute Gasteiger partial charge is 0.121 e. The van der Waals surface area contributed by atoms with Crippen molar-refractivity contribution in [2.24, 2.45) is 0 Å². The van der Waals surface area contributed by atoms with Crippen LogP contribution < -0.4 is 9.64 Å². The molecule has 1 aromatic heterocycles. The van der Waals surface area contributed by atoms with Gasteiger partial charge in [-0.15, -0.1) is 0 Å². The van der Waals surface area contributed by atoms with Gasteiger partial charge in [0.05, 0.1) is 37.9 Å². The second kappa shape index (κ2) is 10.7. The number of nitrogens with one attached hydrogen (secondary N) is 1. The zero-order chi connectivity index (χ0) is 21.5. The number of aryl methyl sites for hydroxylation is 1. The Morgan fingerprint density at radius 3 is 2.80 bits per heavy atom. The fourth-order valence-corrected chi connectivity index (χ4v) is 3.47. The second-order valence-electron chi connectivity index (χ2n) is 7.55. The predicted molar refractivity (Wildman–Crippen MR) is 110 cm³/mol. The van der Waals surface area contributed by atoms with Gasteiger partial charge in [-0.05, 0) is 31.9 Å². The number of β-amino-alcohol motifs (C(OH)–C–C–N with tert-alkyl or cyclic N) is 1. The van der Waals surface area contributed by atoms with Gasteiger partial charge in [0.2, 0.25) is 0 Å². The molecule has 9 heteroatoms. The molecule has 0 radical (unpaired) electrons. The first kappa shape index (κ1) is 22.5.